The highest BCUT2D eigenvalue weighted by molar-refractivity contribution is 7.15. The van der Waals surface area contributed by atoms with Crippen molar-refractivity contribution in [2.75, 3.05) is 17.7 Å². The summed E-state index contributed by atoms with van der Waals surface area (Å²) in [4.78, 5) is 29.2. The number of anilines is 3. The first-order valence-electron chi connectivity index (χ1n) is 5.78. The second-order valence-corrected chi connectivity index (χ2v) is 5.54. The van der Waals surface area contributed by atoms with Gasteiger partial charge in [-0.05, 0) is 11.4 Å². The Hall–Kier alpha value is -1.93. The molecule has 8 heteroatoms. The number of aromatic nitrogens is 1. The van der Waals surface area contributed by atoms with Gasteiger partial charge in [0, 0.05) is 11.8 Å². The molecule has 0 aliphatic carbocycles. The lowest BCUT2D eigenvalue weighted by Gasteiger charge is -2.18. The molecule has 0 saturated carbocycles. The maximum Gasteiger partial charge on any atom is 0.357 e. The van der Waals surface area contributed by atoms with E-state index in [1.165, 1.54) is 34.7 Å². The summed E-state index contributed by atoms with van der Waals surface area (Å²) in [5, 5.41) is 4.29. The van der Waals surface area contributed by atoms with Crippen LogP contribution in [-0.2, 0) is 9.53 Å². The van der Waals surface area contributed by atoms with E-state index < -0.39 is 5.97 Å². The third-order valence-electron chi connectivity index (χ3n) is 2.54. The zero-order chi connectivity index (χ0) is 14.7. The molecule has 106 valence electrons. The van der Waals surface area contributed by atoms with E-state index in [-0.39, 0.29) is 11.6 Å². The number of carbonyl (C=O) groups excluding carboxylic acids is 2. The van der Waals surface area contributed by atoms with Gasteiger partial charge in [0.1, 0.15) is 5.00 Å². The molecule has 0 aliphatic rings. The Morgan fingerprint density at radius 1 is 1.45 bits per heavy atom. The van der Waals surface area contributed by atoms with Crippen LogP contribution < -0.4 is 10.6 Å². The number of thiophene rings is 1. The van der Waals surface area contributed by atoms with Crippen LogP contribution in [0.3, 0.4) is 0 Å². The number of esters is 1. The number of carbonyl (C=O) groups is 2. The van der Waals surface area contributed by atoms with Crippen molar-refractivity contribution < 1.29 is 14.3 Å². The molecule has 2 aromatic rings. The number of thiazole rings is 1. The minimum Gasteiger partial charge on any atom is -0.464 e. The maximum atomic E-state index is 12.1. The first-order chi connectivity index (χ1) is 9.58. The van der Waals surface area contributed by atoms with Crippen LogP contribution in [0, 0.1) is 0 Å². The van der Waals surface area contributed by atoms with E-state index in [9.17, 15) is 9.59 Å². The van der Waals surface area contributed by atoms with Crippen molar-refractivity contribution in [2.45, 2.75) is 13.3 Å². The number of hydrogen-bond donors (Lipinski definition) is 1. The molecule has 20 heavy (non-hydrogen) atoms. The molecule has 0 atom stereocenters. The van der Waals surface area contributed by atoms with Crippen molar-refractivity contribution in [3.63, 3.8) is 0 Å². The molecule has 2 heterocycles. The quantitative estimate of drug-likeness (QED) is 0.877. The van der Waals surface area contributed by atoms with Crippen molar-refractivity contribution in [3.05, 3.63) is 22.5 Å². The molecule has 0 fully saturated rings. The van der Waals surface area contributed by atoms with Gasteiger partial charge in [-0.2, -0.15) is 0 Å². The molecule has 1 amide bonds. The largest absolute Gasteiger partial charge is 0.464 e. The van der Waals surface area contributed by atoms with E-state index >= 15 is 0 Å². The van der Waals surface area contributed by atoms with E-state index in [1.807, 2.05) is 0 Å². The Morgan fingerprint density at radius 3 is 2.75 bits per heavy atom. The van der Waals surface area contributed by atoms with Crippen molar-refractivity contribution >= 4 is 50.4 Å². The smallest absolute Gasteiger partial charge is 0.357 e. The zero-order valence-electron chi connectivity index (χ0n) is 11.0. The first-order valence-corrected chi connectivity index (χ1v) is 7.54. The molecule has 2 rings (SSSR count). The summed E-state index contributed by atoms with van der Waals surface area (Å²) in [6.07, 6.45) is 0.308. The highest BCUT2D eigenvalue weighted by Crippen LogP contribution is 2.36. The fraction of sp³-hybridized carbons (Fsp3) is 0.250. The Morgan fingerprint density at radius 2 is 2.20 bits per heavy atom. The number of nitrogen functional groups attached to an aromatic ring is 1. The molecular weight excluding hydrogens is 298 g/mol. The van der Waals surface area contributed by atoms with E-state index in [0.717, 1.165) is 0 Å². The topological polar surface area (TPSA) is 85.5 Å². The van der Waals surface area contributed by atoms with Gasteiger partial charge >= 0.3 is 5.97 Å². The van der Waals surface area contributed by atoms with Crippen LogP contribution in [0.4, 0.5) is 15.8 Å². The summed E-state index contributed by atoms with van der Waals surface area (Å²) in [6.45, 7) is 1.76. The highest BCUT2D eigenvalue weighted by atomic mass is 32.1. The van der Waals surface area contributed by atoms with E-state index in [4.69, 9.17) is 5.73 Å². The molecule has 0 spiro atoms. The third-order valence-corrected chi connectivity index (χ3v) is 4.11. The molecule has 2 aromatic heterocycles. The second kappa shape index (κ2) is 6.02. The van der Waals surface area contributed by atoms with Gasteiger partial charge in [0.25, 0.3) is 0 Å². The summed E-state index contributed by atoms with van der Waals surface area (Å²) in [5.74, 6) is -0.671. The van der Waals surface area contributed by atoms with Gasteiger partial charge in [-0.25, -0.2) is 9.78 Å². The van der Waals surface area contributed by atoms with Crippen molar-refractivity contribution in [3.8, 4) is 0 Å². The highest BCUT2D eigenvalue weighted by Gasteiger charge is 2.23. The standard InChI is InChI=1S/C12H13N3O3S2/c1-3-9(16)15(8-4-5-19-10(8)13)12-14-7(6-20-12)11(17)18-2/h4-6H,3,13H2,1-2H3. The number of ether oxygens (including phenoxy) is 1. The van der Waals surface area contributed by atoms with E-state index in [1.54, 1.807) is 23.8 Å². The number of nitrogens with zero attached hydrogens (tertiary/aromatic N) is 2. The third kappa shape index (κ3) is 2.66. The van der Waals surface area contributed by atoms with Crippen LogP contribution in [0.25, 0.3) is 0 Å². The minimum absolute atomic E-state index is 0.138. The molecule has 6 nitrogen and oxygen atoms in total. The molecule has 0 aromatic carbocycles. The molecule has 0 saturated heterocycles. The van der Waals surface area contributed by atoms with Gasteiger partial charge in [-0.1, -0.05) is 6.92 Å². The molecule has 0 unspecified atom stereocenters. The Labute approximate surface area is 123 Å². The number of hydrogen-bond acceptors (Lipinski definition) is 7. The number of nitrogens with two attached hydrogens (primary N) is 1. The van der Waals surface area contributed by atoms with Crippen molar-refractivity contribution in [1.29, 1.82) is 0 Å². The van der Waals surface area contributed by atoms with Crippen LogP contribution in [0.1, 0.15) is 23.8 Å². The molecular formula is C12H13N3O3S2. The van der Waals surface area contributed by atoms with E-state index in [2.05, 4.69) is 9.72 Å². The summed E-state index contributed by atoms with van der Waals surface area (Å²) in [6, 6.07) is 1.76. The predicted molar refractivity (Wildman–Crippen MR) is 79.6 cm³/mol. The summed E-state index contributed by atoms with van der Waals surface area (Å²) in [7, 11) is 1.28. The predicted octanol–water partition coefficient (Wildman–Crippen LogP) is 2.65. The Bertz CT molecular complexity index is 635. The van der Waals surface area contributed by atoms with Crippen LogP contribution in [0.2, 0.25) is 0 Å². The fourth-order valence-corrected chi connectivity index (χ4v) is 3.01. The van der Waals surface area contributed by atoms with Gasteiger partial charge in [-0.15, -0.1) is 22.7 Å². The van der Waals surface area contributed by atoms with Gasteiger partial charge in [0.05, 0.1) is 12.8 Å². The number of amides is 1. The Balaban J connectivity index is 2.42. The molecule has 0 radical (unpaired) electrons. The average Bonchev–Trinajstić information content (AvgIpc) is 3.08. The molecule has 2 N–H and O–H groups in total. The normalized spacial score (nSPS) is 10.3. The lowest BCUT2D eigenvalue weighted by molar-refractivity contribution is -0.117. The first kappa shape index (κ1) is 14.5. The summed E-state index contributed by atoms with van der Waals surface area (Å²) < 4.78 is 4.61. The number of methoxy groups -OCH3 is 1. The van der Waals surface area contributed by atoms with Crippen molar-refractivity contribution in [1.82, 2.24) is 4.98 Å². The molecule has 0 bridgehead atoms. The SMILES string of the molecule is CCC(=O)N(c1nc(C(=O)OC)cs1)c1ccsc1N. The van der Waals surface area contributed by atoms with Gasteiger partial charge in [0.2, 0.25) is 5.91 Å². The van der Waals surface area contributed by atoms with Crippen LogP contribution in [0.5, 0.6) is 0 Å². The van der Waals surface area contributed by atoms with Gasteiger partial charge in [0.15, 0.2) is 10.8 Å². The van der Waals surface area contributed by atoms with Crippen molar-refractivity contribution in [2.24, 2.45) is 0 Å². The zero-order valence-corrected chi connectivity index (χ0v) is 12.6. The number of rotatable bonds is 4. The van der Waals surface area contributed by atoms with Gasteiger partial charge < -0.3 is 10.5 Å². The van der Waals surface area contributed by atoms with Crippen LogP contribution in [-0.4, -0.2) is 24.0 Å². The Kier molecular flexibility index (Phi) is 4.35. The maximum absolute atomic E-state index is 12.1. The van der Waals surface area contributed by atoms with Crippen LogP contribution >= 0.6 is 22.7 Å². The lowest BCUT2D eigenvalue weighted by Crippen LogP contribution is -2.25. The summed E-state index contributed by atoms with van der Waals surface area (Å²) >= 11 is 2.54. The van der Waals surface area contributed by atoms with Gasteiger partial charge in [-0.3, -0.25) is 9.69 Å². The second-order valence-electron chi connectivity index (χ2n) is 3.76. The molecule has 0 aliphatic heterocycles. The van der Waals surface area contributed by atoms with Crippen LogP contribution in [0.15, 0.2) is 16.8 Å². The fourth-order valence-electron chi connectivity index (χ4n) is 1.57. The lowest BCUT2D eigenvalue weighted by atomic mass is 10.3. The average molecular weight is 311 g/mol. The monoisotopic (exact) mass is 311 g/mol. The van der Waals surface area contributed by atoms with E-state index in [0.29, 0.717) is 22.2 Å². The summed E-state index contributed by atoms with van der Waals surface area (Å²) in [5.41, 5.74) is 6.64. The minimum atomic E-state index is -0.533.